The highest BCUT2D eigenvalue weighted by Gasteiger charge is 2.14. The van der Waals surface area contributed by atoms with Crippen molar-refractivity contribution in [2.75, 3.05) is 13.6 Å². The molecule has 0 fully saturated rings. The van der Waals surface area contributed by atoms with Crippen LogP contribution in [0.3, 0.4) is 0 Å². The molecule has 0 rings (SSSR count). The normalized spacial score (nSPS) is 19.2. The Morgan fingerprint density at radius 3 is 2.08 bits per heavy atom. The molecule has 0 heterocycles. The molecular weight excluding hydrogens is 150 g/mol. The quantitative estimate of drug-likeness (QED) is 0.684. The molecule has 0 aliphatic rings. The molecule has 0 amide bonds. The Morgan fingerprint density at radius 2 is 1.75 bits per heavy atom. The van der Waals surface area contributed by atoms with Gasteiger partial charge in [-0.2, -0.15) is 0 Å². The van der Waals surface area contributed by atoms with Crippen LogP contribution >= 0.6 is 0 Å². The highest BCUT2D eigenvalue weighted by atomic mass is 16.3. The van der Waals surface area contributed by atoms with Gasteiger partial charge < -0.3 is 10.0 Å². The van der Waals surface area contributed by atoms with Gasteiger partial charge in [-0.3, -0.25) is 0 Å². The molecule has 74 valence electrons. The summed E-state index contributed by atoms with van der Waals surface area (Å²) in [6.07, 6.45) is 0.972. The standard InChI is InChI=1S/C10H23NO/c1-6-9(3)11(5)7-8(2)10(4)12/h8-10,12H,6-7H2,1-5H3/t8?,9-,10+/m0/s1. The molecule has 1 unspecified atom stereocenters. The van der Waals surface area contributed by atoms with Crippen molar-refractivity contribution in [2.24, 2.45) is 5.92 Å². The van der Waals surface area contributed by atoms with E-state index in [2.05, 4.69) is 32.7 Å². The van der Waals surface area contributed by atoms with E-state index in [1.54, 1.807) is 0 Å². The molecule has 12 heavy (non-hydrogen) atoms. The second-order valence-electron chi connectivity index (χ2n) is 3.91. The van der Waals surface area contributed by atoms with Crippen molar-refractivity contribution < 1.29 is 5.11 Å². The van der Waals surface area contributed by atoms with Crippen LogP contribution in [-0.4, -0.2) is 35.7 Å². The van der Waals surface area contributed by atoms with Crippen molar-refractivity contribution in [2.45, 2.75) is 46.3 Å². The van der Waals surface area contributed by atoms with Gasteiger partial charge in [-0.1, -0.05) is 13.8 Å². The van der Waals surface area contributed by atoms with Crippen LogP contribution < -0.4 is 0 Å². The van der Waals surface area contributed by atoms with Gasteiger partial charge in [-0.15, -0.1) is 0 Å². The first-order valence-corrected chi connectivity index (χ1v) is 4.87. The fraction of sp³-hybridized carbons (Fsp3) is 1.00. The van der Waals surface area contributed by atoms with Crippen LogP contribution in [0.2, 0.25) is 0 Å². The predicted octanol–water partition coefficient (Wildman–Crippen LogP) is 1.73. The molecule has 0 aromatic heterocycles. The molecular formula is C10H23NO. The molecule has 2 heteroatoms. The van der Waals surface area contributed by atoms with Crippen LogP contribution in [-0.2, 0) is 0 Å². The van der Waals surface area contributed by atoms with Crippen molar-refractivity contribution in [3.8, 4) is 0 Å². The number of hydrogen-bond acceptors (Lipinski definition) is 2. The average Bonchev–Trinajstić information content (AvgIpc) is 2.02. The number of aliphatic hydroxyl groups is 1. The van der Waals surface area contributed by atoms with Gasteiger partial charge in [0.05, 0.1) is 6.10 Å². The molecule has 0 aliphatic carbocycles. The first-order valence-electron chi connectivity index (χ1n) is 4.87. The summed E-state index contributed by atoms with van der Waals surface area (Å²) in [5, 5.41) is 9.30. The van der Waals surface area contributed by atoms with Crippen molar-refractivity contribution in [3.05, 3.63) is 0 Å². The molecule has 3 atom stereocenters. The smallest absolute Gasteiger partial charge is 0.0549 e. The number of aliphatic hydroxyl groups excluding tert-OH is 1. The van der Waals surface area contributed by atoms with Crippen LogP contribution in [0.5, 0.6) is 0 Å². The second-order valence-corrected chi connectivity index (χ2v) is 3.91. The molecule has 0 bridgehead atoms. The van der Waals surface area contributed by atoms with Crippen LogP contribution in [0.4, 0.5) is 0 Å². The van der Waals surface area contributed by atoms with E-state index in [1.165, 1.54) is 6.42 Å². The van der Waals surface area contributed by atoms with E-state index in [1.807, 2.05) is 6.92 Å². The van der Waals surface area contributed by atoms with Crippen molar-refractivity contribution in [1.82, 2.24) is 4.90 Å². The topological polar surface area (TPSA) is 23.5 Å². The van der Waals surface area contributed by atoms with E-state index in [9.17, 15) is 5.11 Å². The highest BCUT2D eigenvalue weighted by molar-refractivity contribution is 4.67. The van der Waals surface area contributed by atoms with Gasteiger partial charge in [-0.25, -0.2) is 0 Å². The Morgan fingerprint density at radius 1 is 1.25 bits per heavy atom. The fourth-order valence-electron chi connectivity index (χ4n) is 1.10. The molecule has 0 saturated carbocycles. The van der Waals surface area contributed by atoms with Gasteiger partial charge in [0.1, 0.15) is 0 Å². The van der Waals surface area contributed by atoms with Crippen LogP contribution in [0.15, 0.2) is 0 Å². The lowest BCUT2D eigenvalue weighted by Gasteiger charge is -2.27. The zero-order valence-corrected chi connectivity index (χ0v) is 9.04. The van der Waals surface area contributed by atoms with E-state index in [0.717, 1.165) is 6.54 Å². The van der Waals surface area contributed by atoms with E-state index in [4.69, 9.17) is 0 Å². The number of nitrogens with zero attached hydrogens (tertiary/aromatic N) is 1. The second kappa shape index (κ2) is 5.55. The van der Waals surface area contributed by atoms with Gasteiger partial charge in [0.25, 0.3) is 0 Å². The lowest BCUT2D eigenvalue weighted by atomic mass is 10.1. The largest absolute Gasteiger partial charge is 0.393 e. The third-order valence-corrected chi connectivity index (χ3v) is 2.74. The minimum Gasteiger partial charge on any atom is -0.393 e. The Labute approximate surface area is 76.6 Å². The Balaban J connectivity index is 3.75. The maximum atomic E-state index is 9.30. The Kier molecular flexibility index (Phi) is 5.51. The van der Waals surface area contributed by atoms with E-state index < -0.39 is 0 Å². The fourth-order valence-corrected chi connectivity index (χ4v) is 1.10. The van der Waals surface area contributed by atoms with E-state index >= 15 is 0 Å². The van der Waals surface area contributed by atoms with Gasteiger partial charge in [0.15, 0.2) is 0 Å². The van der Waals surface area contributed by atoms with Crippen LogP contribution in [0, 0.1) is 5.92 Å². The van der Waals surface area contributed by atoms with E-state index in [-0.39, 0.29) is 6.10 Å². The summed E-state index contributed by atoms with van der Waals surface area (Å²) < 4.78 is 0. The summed E-state index contributed by atoms with van der Waals surface area (Å²) in [6, 6.07) is 0.617. The Hall–Kier alpha value is -0.0800. The molecule has 0 spiro atoms. The maximum absolute atomic E-state index is 9.30. The van der Waals surface area contributed by atoms with E-state index in [0.29, 0.717) is 12.0 Å². The zero-order chi connectivity index (χ0) is 9.72. The minimum atomic E-state index is -0.198. The molecule has 2 nitrogen and oxygen atoms in total. The number of rotatable bonds is 5. The highest BCUT2D eigenvalue weighted by Crippen LogP contribution is 2.08. The lowest BCUT2D eigenvalue weighted by Crippen LogP contribution is -2.35. The van der Waals surface area contributed by atoms with Crippen molar-refractivity contribution in [1.29, 1.82) is 0 Å². The molecule has 0 saturated heterocycles. The summed E-state index contributed by atoms with van der Waals surface area (Å²) in [7, 11) is 2.12. The monoisotopic (exact) mass is 173 g/mol. The molecule has 0 aliphatic heterocycles. The van der Waals surface area contributed by atoms with Gasteiger partial charge in [0, 0.05) is 12.6 Å². The van der Waals surface area contributed by atoms with Gasteiger partial charge in [0.2, 0.25) is 0 Å². The minimum absolute atomic E-state index is 0.198. The molecule has 0 aromatic carbocycles. The Bertz CT molecular complexity index is 114. The molecule has 1 N–H and O–H groups in total. The van der Waals surface area contributed by atoms with Crippen LogP contribution in [0.1, 0.15) is 34.1 Å². The molecule has 0 aromatic rings. The maximum Gasteiger partial charge on any atom is 0.0549 e. The van der Waals surface area contributed by atoms with Gasteiger partial charge >= 0.3 is 0 Å². The first kappa shape index (κ1) is 11.9. The molecule has 0 radical (unpaired) electrons. The van der Waals surface area contributed by atoms with Gasteiger partial charge in [-0.05, 0) is 33.2 Å². The third-order valence-electron chi connectivity index (χ3n) is 2.74. The lowest BCUT2D eigenvalue weighted by molar-refractivity contribution is 0.0991. The van der Waals surface area contributed by atoms with Crippen molar-refractivity contribution >= 4 is 0 Å². The third kappa shape index (κ3) is 4.07. The van der Waals surface area contributed by atoms with Crippen molar-refractivity contribution in [3.63, 3.8) is 0 Å². The predicted molar refractivity (Wildman–Crippen MR) is 53.2 cm³/mol. The summed E-state index contributed by atoms with van der Waals surface area (Å²) in [4.78, 5) is 2.30. The van der Waals surface area contributed by atoms with Crippen LogP contribution in [0.25, 0.3) is 0 Å². The number of hydrogen-bond donors (Lipinski definition) is 1. The summed E-state index contributed by atoms with van der Waals surface area (Å²) >= 11 is 0. The summed E-state index contributed by atoms with van der Waals surface area (Å²) in [5.41, 5.74) is 0. The average molecular weight is 173 g/mol. The summed E-state index contributed by atoms with van der Waals surface area (Å²) in [6.45, 7) is 9.33. The first-order chi connectivity index (χ1) is 5.49. The zero-order valence-electron chi connectivity index (χ0n) is 9.04. The SMILES string of the molecule is CC[C@H](C)N(C)CC(C)[C@@H](C)O. The summed E-state index contributed by atoms with van der Waals surface area (Å²) in [5.74, 6) is 0.365.